The zero-order valence-corrected chi connectivity index (χ0v) is 12.8. The second-order valence-corrected chi connectivity index (χ2v) is 5.97. The van der Waals surface area contributed by atoms with Crippen LogP contribution in [0.1, 0.15) is 22.4 Å². The minimum atomic E-state index is 0.974. The number of nitrogens with one attached hydrogen (secondary N) is 1. The first-order chi connectivity index (χ1) is 10.8. The monoisotopic (exact) mass is 288 g/mol. The smallest absolute Gasteiger partial charge is 0.0528 e. The van der Waals surface area contributed by atoms with E-state index < -0.39 is 0 Å². The van der Waals surface area contributed by atoms with Crippen molar-refractivity contribution in [1.29, 1.82) is 0 Å². The van der Waals surface area contributed by atoms with Crippen LogP contribution in [-0.4, -0.2) is 11.1 Å². The first-order valence-corrected chi connectivity index (χ1v) is 7.89. The van der Waals surface area contributed by atoms with E-state index in [9.17, 15) is 0 Å². The topological polar surface area (TPSA) is 17.0 Å². The van der Waals surface area contributed by atoms with Gasteiger partial charge in [0.1, 0.15) is 0 Å². The van der Waals surface area contributed by atoms with Crippen molar-refractivity contribution in [1.82, 2.24) is 9.88 Å². The molecule has 0 saturated carbocycles. The number of nitrogens with zero attached hydrogens (tertiary/aromatic N) is 1. The molecular weight excluding hydrogens is 268 g/mol. The quantitative estimate of drug-likeness (QED) is 0.747. The Balaban J connectivity index is 1.88. The molecule has 0 aliphatic carbocycles. The lowest BCUT2D eigenvalue weighted by atomic mass is 10.0. The predicted molar refractivity (Wildman–Crippen MR) is 93.8 cm³/mol. The highest BCUT2D eigenvalue weighted by molar-refractivity contribution is 5.89. The minimum absolute atomic E-state index is 0.974. The molecule has 22 heavy (non-hydrogen) atoms. The summed E-state index contributed by atoms with van der Waals surface area (Å²) in [5.74, 6) is 0. The molecule has 1 aliphatic rings. The molecule has 3 aromatic rings. The maximum Gasteiger partial charge on any atom is 0.0528 e. The lowest BCUT2D eigenvalue weighted by Gasteiger charge is -2.15. The fraction of sp³-hybridized carbons (Fsp3) is 0.200. The van der Waals surface area contributed by atoms with E-state index in [1.807, 2.05) is 0 Å². The number of hydrogen-bond donors (Lipinski definition) is 1. The van der Waals surface area contributed by atoms with E-state index in [-0.39, 0.29) is 0 Å². The molecule has 1 N–H and O–H groups in total. The standard InChI is InChI=1S/C20H20N2/c1-15-7-8-19-17(13-15)18-14-21-11-9-20(18)22(19)12-10-16-5-3-2-4-6-16/h2-8,10,12-13,21H,9,11,14H2,1H3/b12-10-. The molecule has 2 heterocycles. The van der Waals surface area contributed by atoms with Crippen molar-refractivity contribution in [3.8, 4) is 0 Å². The molecule has 110 valence electrons. The van der Waals surface area contributed by atoms with Crippen molar-refractivity contribution in [2.75, 3.05) is 6.54 Å². The third-order valence-corrected chi connectivity index (χ3v) is 4.43. The van der Waals surface area contributed by atoms with E-state index in [0.717, 1.165) is 19.5 Å². The summed E-state index contributed by atoms with van der Waals surface area (Å²) in [6, 6.07) is 17.3. The highest BCUT2D eigenvalue weighted by Gasteiger charge is 2.18. The molecule has 0 bridgehead atoms. The van der Waals surface area contributed by atoms with Gasteiger partial charge in [-0.1, -0.05) is 42.0 Å². The van der Waals surface area contributed by atoms with Gasteiger partial charge in [0.05, 0.1) is 5.52 Å². The van der Waals surface area contributed by atoms with Crippen LogP contribution in [0.3, 0.4) is 0 Å². The molecule has 2 heteroatoms. The van der Waals surface area contributed by atoms with E-state index >= 15 is 0 Å². The van der Waals surface area contributed by atoms with Crippen molar-refractivity contribution in [3.05, 3.63) is 70.9 Å². The van der Waals surface area contributed by atoms with Crippen LogP contribution in [0.15, 0.2) is 48.5 Å². The van der Waals surface area contributed by atoms with Crippen LogP contribution < -0.4 is 5.32 Å². The van der Waals surface area contributed by atoms with Crippen LogP contribution in [0, 0.1) is 6.92 Å². The Bertz CT molecular complexity index is 841. The number of benzene rings is 2. The van der Waals surface area contributed by atoms with E-state index in [2.05, 4.69) is 77.6 Å². The third kappa shape index (κ3) is 2.26. The molecule has 1 aromatic heterocycles. The molecular formula is C20H20N2. The molecule has 2 nitrogen and oxygen atoms in total. The van der Waals surface area contributed by atoms with Gasteiger partial charge in [-0.15, -0.1) is 0 Å². The lowest BCUT2D eigenvalue weighted by Crippen LogP contribution is -2.24. The number of aryl methyl sites for hydroxylation is 1. The van der Waals surface area contributed by atoms with Gasteiger partial charge in [-0.25, -0.2) is 0 Å². The lowest BCUT2D eigenvalue weighted by molar-refractivity contribution is 0.634. The average Bonchev–Trinajstić information content (AvgIpc) is 2.87. The van der Waals surface area contributed by atoms with E-state index in [4.69, 9.17) is 0 Å². The number of aromatic nitrogens is 1. The van der Waals surface area contributed by atoms with Crippen LogP contribution >= 0.6 is 0 Å². The van der Waals surface area contributed by atoms with E-state index in [1.165, 1.54) is 33.3 Å². The first-order valence-electron chi connectivity index (χ1n) is 7.89. The van der Waals surface area contributed by atoms with Gasteiger partial charge in [0, 0.05) is 36.8 Å². The van der Waals surface area contributed by atoms with Gasteiger partial charge in [0.15, 0.2) is 0 Å². The van der Waals surface area contributed by atoms with E-state index in [1.54, 1.807) is 0 Å². The summed E-state index contributed by atoms with van der Waals surface area (Å²) in [7, 11) is 0. The zero-order chi connectivity index (χ0) is 14.9. The second-order valence-electron chi connectivity index (χ2n) is 5.97. The Labute approximate surface area is 131 Å². The van der Waals surface area contributed by atoms with Gasteiger partial charge in [-0.2, -0.15) is 0 Å². The van der Waals surface area contributed by atoms with Crippen molar-refractivity contribution < 1.29 is 0 Å². The van der Waals surface area contributed by atoms with E-state index in [0.29, 0.717) is 0 Å². The van der Waals surface area contributed by atoms with Crippen LogP contribution in [0.2, 0.25) is 0 Å². The molecule has 0 unspecified atom stereocenters. The van der Waals surface area contributed by atoms with Gasteiger partial charge in [-0.05, 0) is 36.3 Å². The third-order valence-electron chi connectivity index (χ3n) is 4.43. The summed E-state index contributed by atoms with van der Waals surface area (Å²) in [6.07, 6.45) is 5.50. The Morgan fingerprint density at radius 1 is 1.09 bits per heavy atom. The Morgan fingerprint density at radius 3 is 2.82 bits per heavy atom. The molecule has 0 saturated heterocycles. The number of hydrogen-bond acceptors (Lipinski definition) is 1. The summed E-state index contributed by atoms with van der Waals surface area (Å²) in [5, 5.41) is 4.89. The molecule has 0 spiro atoms. The highest BCUT2D eigenvalue weighted by Crippen LogP contribution is 2.30. The summed E-state index contributed by atoms with van der Waals surface area (Å²) >= 11 is 0. The first kappa shape index (κ1) is 13.4. The second kappa shape index (κ2) is 5.47. The molecule has 1 aliphatic heterocycles. The number of fused-ring (bicyclic) bond motifs is 3. The fourth-order valence-corrected chi connectivity index (χ4v) is 3.33. The SMILES string of the molecule is Cc1ccc2c(c1)c1c(n2/C=C\c2ccccc2)CCNC1. The molecule has 2 aromatic carbocycles. The van der Waals surface area contributed by atoms with Gasteiger partial charge >= 0.3 is 0 Å². The molecule has 4 rings (SSSR count). The fourth-order valence-electron chi connectivity index (χ4n) is 3.33. The number of rotatable bonds is 2. The van der Waals surface area contributed by atoms with Crippen molar-refractivity contribution in [3.63, 3.8) is 0 Å². The summed E-state index contributed by atoms with van der Waals surface area (Å²) in [5.41, 5.74) is 6.78. The van der Waals surface area contributed by atoms with Crippen molar-refractivity contribution in [2.45, 2.75) is 19.9 Å². The van der Waals surface area contributed by atoms with Gasteiger partial charge in [0.25, 0.3) is 0 Å². The predicted octanol–water partition coefficient (Wildman–Crippen LogP) is 4.22. The molecule has 0 amide bonds. The molecule has 0 fully saturated rings. The maximum absolute atomic E-state index is 3.50. The van der Waals surface area contributed by atoms with Crippen LogP contribution in [0.25, 0.3) is 23.2 Å². The minimum Gasteiger partial charge on any atom is -0.320 e. The summed E-state index contributed by atoms with van der Waals surface area (Å²) < 4.78 is 2.37. The zero-order valence-electron chi connectivity index (χ0n) is 12.8. The van der Waals surface area contributed by atoms with Crippen molar-refractivity contribution in [2.24, 2.45) is 0 Å². The average molecular weight is 288 g/mol. The van der Waals surface area contributed by atoms with Crippen LogP contribution in [-0.2, 0) is 13.0 Å². The largest absolute Gasteiger partial charge is 0.320 e. The van der Waals surface area contributed by atoms with Gasteiger partial charge in [-0.3, -0.25) is 0 Å². The maximum atomic E-state index is 3.50. The van der Waals surface area contributed by atoms with Crippen LogP contribution in [0.5, 0.6) is 0 Å². The summed E-state index contributed by atoms with van der Waals surface area (Å²) in [4.78, 5) is 0. The Kier molecular flexibility index (Phi) is 3.32. The molecule has 0 atom stereocenters. The Hall–Kier alpha value is -2.32. The van der Waals surface area contributed by atoms with Crippen molar-refractivity contribution >= 4 is 23.2 Å². The van der Waals surface area contributed by atoms with Gasteiger partial charge in [0.2, 0.25) is 0 Å². The summed E-state index contributed by atoms with van der Waals surface area (Å²) in [6.45, 7) is 4.20. The van der Waals surface area contributed by atoms with Gasteiger partial charge < -0.3 is 9.88 Å². The molecule has 0 radical (unpaired) electrons. The van der Waals surface area contributed by atoms with Crippen LogP contribution in [0.4, 0.5) is 0 Å². The highest BCUT2D eigenvalue weighted by atomic mass is 15.0. The normalized spacial score (nSPS) is 14.6. The Morgan fingerprint density at radius 2 is 1.95 bits per heavy atom.